The lowest BCUT2D eigenvalue weighted by atomic mass is 10.2. The van der Waals surface area contributed by atoms with Gasteiger partial charge < -0.3 is 10.1 Å². The van der Waals surface area contributed by atoms with Crippen LogP contribution in [0.2, 0.25) is 0 Å². The monoisotopic (exact) mass is 526 g/mol. The number of hydrogen-bond donors (Lipinski definition) is 1. The quantitative estimate of drug-likeness (QED) is 0.472. The second kappa shape index (κ2) is 11.9. The Hall–Kier alpha value is -1.55. The Bertz CT molecular complexity index is 944. The molecule has 2 aromatic carbocycles. The smallest absolute Gasteiger partial charge is 0.243 e. The number of thioether (sulfide) groups is 1. The summed E-state index contributed by atoms with van der Waals surface area (Å²) in [6.45, 7) is 1.89. The van der Waals surface area contributed by atoms with Crippen molar-refractivity contribution in [3.05, 3.63) is 58.6 Å². The fourth-order valence-corrected chi connectivity index (χ4v) is 5.81. The van der Waals surface area contributed by atoms with Gasteiger partial charge in [-0.1, -0.05) is 34.5 Å². The average Bonchev–Trinajstić information content (AvgIpc) is 2.79. The molecule has 0 radical (unpaired) electrons. The third-order valence-electron chi connectivity index (χ3n) is 4.88. The molecule has 1 amide bonds. The summed E-state index contributed by atoms with van der Waals surface area (Å²) in [5.41, 5.74) is 1.18. The molecule has 1 fully saturated rings. The van der Waals surface area contributed by atoms with Crippen LogP contribution in [0.15, 0.2) is 57.9 Å². The standard InChI is InChI=1S/C22H27BrN2O4S2/c23-19-6-4-18(5-7-19)16-30-17-22(26)24-12-15-29-20-8-10-21(11-9-20)31(27,28)25-13-2-1-3-14-25/h4-11H,1-3,12-17H2,(H,24,26). The number of hydrogen-bond acceptors (Lipinski definition) is 5. The van der Waals surface area contributed by atoms with Crippen LogP contribution in [0.4, 0.5) is 0 Å². The van der Waals surface area contributed by atoms with Crippen LogP contribution in [-0.2, 0) is 20.6 Å². The van der Waals surface area contributed by atoms with Crippen molar-refractivity contribution in [3.63, 3.8) is 0 Å². The number of nitrogens with zero attached hydrogens (tertiary/aromatic N) is 1. The van der Waals surface area contributed by atoms with E-state index in [1.165, 1.54) is 5.56 Å². The first-order chi connectivity index (χ1) is 14.9. The van der Waals surface area contributed by atoms with E-state index in [9.17, 15) is 13.2 Å². The SMILES string of the molecule is O=C(CSCc1ccc(Br)cc1)NCCOc1ccc(S(=O)(=O)N2CCCCC2)cc1. The number of carbonyl (C=O) groups excluding carboxylic acids is 1. The van der Waals surface area contributed by atoms with E-state index in [-0.39, 0.29) is 10.8 Å². The van der Waals surface area contributed by atoms with Crippen LogP contribution in [0.25, 0.3) is 0 Å². The van der Waals surface area contributed by atoms with Crippen LogP contribution in [0, 0.1) is 0 Å². The summed E-state index contributed by atoms with van der Waals surface area (Å²) in [6, 6.07) is 14.5. The van der Waals surface area contributed by atoms with E-state index in [0.29, 0.717) is 37.7 Å². The molecule has 168 valence electrons. The van der Waals surface area contributed by atoms with Crippen molar-refractivity contribution in [1.82, 2.24) is 9.62 Å². The maximum atomic E-state index is 12.7. The number of nitrogens with one attached hydrogen (secondary N) is 1. The molecule has 2 aromatic rings. The van der Waals surface area contributed by atoms with E-state index in [2.05, 4.69) is 21.2 Å². The summed E-state index contributed by atoms with van der Waals surface area (Å²) < 4.78 is 33.5. The Morgan fingerprint density at radius 3 is 2.39 bits per heavy atom. The fraction of sp³-hybridized carbons (Fsp3) is 0.409. The first-order valence-electron chi connectivity index (χ1n) is 10.3. The largest absolute Gasteiger partial charge is 0.492 e. The third kappa shape index (κ3) is 7.52. The number of piperidine rings is 1. The van der Waals surface area contributed by atoms with Crippen molar-refractivity contribution in [2.24, 2.45) is 0 Å². The van der Waals surface area contributed by atoms with E-state index in [0.717, 1.165) is 29.5 Å². The van der Waals surface area contributed by atoms with Crippen molar-refractivity contribution in [3.8, 4) is 5.75 Å². The Kier molecular flexibility index (Phi) is 9.25. The van der Waals surface area contributed by atoms with Gasteiger partial charge in [0, 0.05) is 23.3 Å². The molecule has 0 aromatic heterocycles. The number of benzene rings is 2. The summed E-state index contributed by atoms with van der Waals surface area (Å²) in [4.78, 5) is 12.2. The third-order valence-corrected chi connectivity index (χ3v) is 8.33. The van der Waals surface area contributed by atoms with Crippen LogP contribution >= 0.6 is 27.7 Å². The van der Waals surface area contributed by atoms with Crippen molar-refractivity contribution in [2.75, 3.05) is 32.0 Å². The van der Waals surface area contributed by atoms with E-state index < -0.39 is 10.0 Å². The van der Waals surface area contributed by atoms with Crippen molar-refractivity contribution in [2.45, 2.75) is 29.9 Å². The molecule has 9 heteroatoms. The predicted molar refractivity (Wildman–Crippen MR) is 128 cm³/mol. The van der Waals surface area contributed by atoms with Crippen molar-refractivity contribution >= 4 is 43.6 Å². The molecule has 0 aliphatic carbocycles. The highest BCUT2D eigenvalue weighted by Gasteiger charge is 2.25. The van der Waals surface area contributed by atoms with Gasteiger partial charge in [0.25, 0.3) is 0 Å². The Labute approximate surface area is 196 Å². The van der Waals surface area contributed by atoms with Gasteiger partial charge in [-0.25, -0.2) is 8.42 Å². The molecule has 1 aliphatic heterocycles. The molecule has 1 heterocycles. The highest BCUT2D eigenvalue weighted by atomic mass is 79.9. The van der Waals surface area contributed by atoms with Gasteiger partial charge in [0.2, 0.25) is 15.9 Å². The molecule has 3 rings (SSSR count). The Morgan fingerprint density at radius 2 is 1.71 bits per heavy atom. The number of ether oxygens (including phenoxy) is 1. The van der Waals surface area contributed by atoms with Crippen LogP contribution in [0.5, 0.6) is 5.75 Å². The molecule has 0 spiro atoms. The molecule has 1 saturated heterocycles. The zero-order chi connectivity index (χ0) is 22.1. The van der Waals surface area contributed by atoms with Gasteiger partial charge in [-0.05, 0) is 54.8 Å². The minimum absolute atomic E-state index is 0.0336. The van der Waals surface area contributed by atoms with Gasteiger partial charge in [-0.2, -0.15) is 4.31 Å². The van der Waals surface area contributed by atoms with Crippen molar-refractivity contribution in [1.29, 1.82) is 0 Å². The molecule has 6 nitrogen and oxygen atoms in total. The lowest BCUT2D eigenvalue weighted by Crippen LogP contribution is -2.35. The second-order valence-corrected chi connectivity index (χ2v) is 11.1. The molecule has 0 atom stereocenters. The molecule has 0 bridgehead atoms. The molecule has 0 unspecified atom stereocenters. The van der Waals surface area contributed by atoms with Crippen molar-refractivity contribution < 1.29 is 17.9 Å². The normalized spacial score (nSPS) is 14.9. The molecule has 1 aliphatic rings. The maximum absolute atomic E-state index is 12.7. The van der Waals surface area contributed by atoms with E-state index in [1.807, 2.05) is 24.3 Å². The summed E-state index contributed by atoms with van der Waals surface area (Å²) in [5.74, 6) is 1.72. The topological polar surface area (TPSA) is 75.7 Å². The van der Waals surface area contributed by atoms with E-state index >= 15 is 0 Å². The Balaban J connectivity index is 1.34. The van der Waals surface area contributed by atoms with Gasteiger partial charge in [0.1, 0.15) is 12.4 Å². The lowest BCUT2D eigenvalue weighted by Gasteiger charge is -2.25. The second-order valence-electron chi connectivity index (χ2n) is 7.25. The Morgan fingerprint density at radius 1 is 1.03 bits per heavy atom. The van der Waals surface area contributed by atoms with E-state index in [1.54, 1.807) is 40.3 Å². The minimum atomic E-state index is -3.43. The van der Waals surface area contributed by atoms with Crippen LogP contribution < -0.4 is 10.1 Å². The number of amides is 1. The van der Waals surface area contributed by atoms with Crippen LogP contribution in [-0.4, -0.2) is 50.6 Å². The van der Waals surface area contributed by atoms with Gasteiger partial charge in [-0.3, -0.25) is 4.79 Å². The highest BCUT2D eigenvalue weighted by Crippen LogP contribution is 2.22. The van der Waals surface area contributed by atoms with E-state index in [4.69, 9.17) is 4.74 Å². The zero-order valence-corrected chi connectivity index (χ0v) is 20.5. The van der Waals surface area contributed by atoms with Gasteiger partial charge in [0.15, 0.2) is 0 Å². The minimum Gasteiger partial charge on any atom is -0.492 e. The summed E-state index contributed by atoms with van der Waals surface area (Å²) in [5, 5.41) is 2.83. The first-order valence-corrected chi connectivity index (χ1v) is 13.7. The predicted octanol–water partition coefficient (Wildman–Crippen LogP) is 4.05. The maximum Gasteiger partial charge on any atom is 0.243 e. The number of halogens is 1. The highest BCUT2D eigenvalue weighted by molar-refractivity contribution is 9.10. The first kappa shape index (κ1) is 24.1. The average molecular weight is 528 g/mol. The van der Waals surface area contributed by atoms with Gasteiger partial charge in [-0.15, -0.1) is 11.8 Å². The van der Waals surface area contributed by atoms with Gasteiger partial charge >= 0.3 is 0 Å². The molecule has 1 N–H and O–H groups in total. The zero-order valence-electron chi connectivity index (χ0n) is 17.3. The summed E-state index contributed by atoms with van der Waals surface area (Å²) in [7, 11) is -3.43. The summed E-state index contributed by atoms with van der Waals surface area (Å²) >= 11 is 4.97. The van der Waals surface area contributed by atoms with Crippen LogP contribution in [0.3, 0.4) is 0 Å². The fourth-order valence-electron chi connectivity index (χ4n) is 3.21. The molecule has 0 saturated carbocycles. The molecular weight excluding hydrogens is 500 g/mol. The number of carbonyl (C=O) groups is 1. The summed E-state index contributed by atoms with van der Waals surface area (Å²) in [6.07, 6.45) is 2.91. The number of rotatable bonds is 10. The van der Waals surface area contributed by atoms with Gasteiger partial charge in [0.05, 0.1) is 17.2 Å². The number of sulfonamides is 1. The molecular formula is C22H27BrN2O4S2. The van der Waals surface area contributed by atoms with Crippen LogP contribution in [0.1, 0.15) is 24.8 Å². The molecule has 31 heavy (non-hydrogen) atoms. The lowest BCUT2D eigenvalue weighted by molar-refractivity contribution is -0.118.